The Bertz CT molecular complexity index is 1330. The second-order valence-corrected chi connectivity index (χ2v) is 7.04. The highest BCUT2D eigenvalue weighted by atomic mass is 16.6. The number of hydrogen-bond donors (Lipinski definition) is 1. The smallest absolute Gasteiger partial charge is 0.270 e. The van der Waals surface area contributed by atoms with E-state index < -0.39 is 4.92 Å². The maximum Gasteiger partial charge on any atom is 0.270 e. The van der Waals surface area contributed by atoms with E-state index in [1.165, 1.54) is 25.3 Å². The fraction of sp³-hybridized carbons (Fsp3) is 0.0400. The minimum Gasteiger partial charge on any atom is -0.495 e. The van der Waals surface area contributed by atoms with Crippen molar-refractivity contribution in [3.05, 3.63) is 107 Å². The SMILES string of the molecule is COc1ccccc1NC(=O)C=Cc1cn(-c2ccccc2)nc1-c1cccc([N+](=O)[O-])c1. The predicted molar refractivity (Wildman–Crippen MR) is 126 cm³/mol. The highest BCUT2D eigenvalue weighted by Gasteiger charge is 2.14. The van der Waals surface area contributed by atoms with Crippen LogP contribution in [0.3, 0.4) is 0 Å². The van der Waals surface area contributed by atoms with Crippen molar-refractivity contribution in [3.63, 3.8) is 0 Å². The number of hydrogen-bond acceptors (Lipinski definition) is 5. The summed E-state index contributed by atoms with van der Waals surface area (Å²) in [6.45, 7) is 0. The molecule has 4 rings (SSSR count). The molecule has 0 saturated carbocycles. The van der Waals surface area contributed by atoms with Crippen molar-refractivity contribution in [3.8, 4) is 22.7 Å². The van der Waals surface area contributed by atoms with Gasteiger partial charge in [0.15, 0.2) is 0 Å². The highest BCUT2D eigenvalue weighted by Crippen LogP contribution is 2.28. The minimum absolute atomic E-state index is 0.0365. The number of nitro benzene ring substituents is 1. The standard InChI is InChI=1S/C25H20N4O4/c1-33-23-13-6-5-12-22(23)26-24(30)15-14-19-17-28(20-9-3-2-4-10-20)27-25(19)18-8-7-11-21(16-18)29(31)32/h2-17H,1H3,(H,26,30). The van der Waals surface area contributed by atoms with E-state index in [4.69, 9.17) is 4.74 Å². The Hall–Kier alpha value is -4.72. The number of nitrogens with one attached hydrogen (secondary N) is 1. The first-order valence-corrected chi connectivity index (χ1v) is 10.1. The number of benzene rings is 3. The van der Waals surface area contributed by atoms with Gasteiger partial charge in [-0.05, 0) is 30.3 Å². The minimum atomic E-state index is -0.451. The molecule has 0 aliphatic carbocycles. The van der Waals surface area contributed by atoms with Gasteiger partial charge in [-0.2, -0.15) is 5.10 Å². The van der Waals surface area contributed by atoms with E-state index in [-0.39, 0.29) is 11.6 Å². The van der Waals surface area contributed by atoms with Crippen LogP contribution in [0.5, 0.6) is 5.75 Å². The lowest BCUT2D eigenvalue weighted by Gasteiger charge is -2.07. The lowest BCUT2D eigenvalue weighted by atomic mass is 10.1. The first-order valence-electron chi connectivity index (χ1n) is 10.1. The van der Waals surface area contributed by atoms with Gasteiger partial charge in [-0.15, -0.1) is 0 Å². The van der Waals surface area contributed by atoms with E-state index in [1.807, 2.05) is 36.4 Å². The summed E-state index contributed by atoms with van der Waals surface area (Å²) in [4.78, 5) is 23.3. The number of ether oxygens (including phenoxy) is 1. The molecule has 0 aliphatic heterocycles. The van der Waals surface area contributed by atoms with Crippen molar-refractivity contribution in [1.82, 2.24) is 9.78 Å². The maximum atomic E-state index is 12.6. The summed E-state index contributed by atoms with van der Waals surface area (Å²) in [7, 11) is 1.53. The van der Waals surface area contributed by atoms with Crippen molar-refractivity contribution >= 4 is 23.4 Å². The molecule has 1 heterocycles. The van der Waals surface area contributed by atoms with Gasteiger partial charge in [-0.1, -0.05) is 42.5 Å². The number of para-hydroxylation sites is 3. The van der Waals surface area contributed by atoms with Crippen molar-refractivity contribution in [1.29, 1.82) is 0 Å². The van der Waals surface area contributed by atoms with Crippen LogP contribution < -0.4 is 10.1 Å². The molecule has 4 aromatic rings. The number of methoxy groups -OCH3 is 1. The number of carbonyl (C=O) groups excluding carboxylic acids is 1. The van der Waals surface area contributed by atoms with Gasteiger partial charge in [-0.3, -0.25) is 14.9 Å². The number of nitro groups is 1. The Morgan fingerprint density at radius 3 is 2.58 bits per heavy atom. The van der Waals surface area contributed by atoms with Crippen LogP contribution in [0.1, 0.15) is 5.56 Å². The molecule has 0 saturated heterocycles. The van der Waals surface area contributed by atoms with Crippen molar-refractivity contribution in [2.45, 2.75) is 0 Å². The van der Waals surface area contributed by atoms with E-state index >= 15 is 0 Å². The molecule has 8 nitrogen and oxygen atoms in total. The van der Waals surface area contributed by atoms with E-state index in [0.717, 1.165) is 5.69 Å². The largest absolute Gasteiger partial charge is 0.495 e. The van der Waals surface area contributed by atoms with Crippen LogP contribution in [0.4, 0.5) is 11.4 Å². The number of aromatic nitrogens is 2. The molecular weight excluding hydrogens is 420 g/mol. The fourth-order valence-electron chi connectivity index (χ4n) is 3.30. The third-order valence-electron chi connectivity index (χ3n) is 4.87. The molecule has 1 N–H and O–H groups in total. The Labute approximate surface area is 189 Å². The highest BCUT2D eigenvalue weighted by molar-refractivity contribution is 6.03. The second kappa shape index (κ2) is 9.61. The maximum absolute atomic E-state index is 12.6. The van der Waals surface area contributed by atoms with Crippen LogP contribution in [-0.2, 0) is 4.79 Å². The summed E-state index contributed by atoms with van der Waals surface area (Å²) in [5.74, 6) is 0.199. The third kappa shape index (κ3) is 4.96. The summed E-state index contributed by atoms with van der Waals surface area (Å²) in [6.07, 6.45) is 4.79. The molecule has 0 fully saturated rings. The van der Waals surface area contributed by atoms with Crippen molar-refractivity contribution in [2.75, 3.05) is 12.4 Å². The van der Waals surface area contributed by atoms with Crippen LogP contribution >= 0.6 is 0 Å². The summed E-state index contributed by atoms with van der Waals surface area (Å²) in [6, 6.07) is 22.8. The molecule has 1 amide bonds. The molecule has 0 spiro atoms. The van der Waals surface area contributed by atoms with Gasteiger partial charge in [-0.25, -0.2) is 4.68 Å². The summed E-state index contributed by atoms with van der Waals surface area (Å²) in [5, 5.41) is 18.7. The average molecular weight is 440 g/mol. The Kier molecular flexibility index (Phi) is 6.26. The number of non-ortho nitro benzene ring substituents is 1. The molecule has 8 heteroatoms. The van der Waals surface area contributed by atoms with Gasteiger partial charge in [0.25, 0.3) is 5.69 Å². The average Bonchev–Trinajstić information content (AvgIpc) is 3.28. The van der Waals surface area contributed by atoms with Crippen LogP contribution in [0, 0.1) is 10.1 Å². The van der Waals surface area contributed by atoms with Crippen LogP contribution in [-0.4, -0.2) is 27.7 Å². The van der Waals surface area contributed by atoms with Gasteiger partial charge >= 0.3 is 0 Å². The Morgan fingerprint density at radius 2 is 1.82 bits per heavy atom. The van der Waals surface area contributed by atoms with Gasteiger partial charge < -0.3 is 10.1 Å². The lowest BCUT2D eigenvalue weighted by molar-refractivity contribution is -0.384. The first kappa shape index (κ1) is 21.5. The van der Waals surface area contributed by atoms with E-state index in [0.29, 0.717) is 28.3 Å². The molecular formula is C25H20N4O4. The van der Waals surface area contributed by atoms with Crippen molar-refractivity contribution < 1.29 is 14.5 Å². The van der Waals surface area contributed by atoms with Gasteiger partial charge in [0, 0.05) is 35.5 Å². The van der Waals surface area contributed by atoms with Gasteiger partial charge in [0.1, 0.15) is 11.4 Å². The lowest BCUT2D eigenvalue weighted by Crippen LogP contribution is -2.08. The molecule has 1 aromatic heterocycles. The molecule has 164 valence electrons. The molecule has 0 unspecified atom stereocenters. The number of amides is 1. The fourth-order valence-corrected chi connectivity index (χ4v) is 3.30. The monoisotopic (exact) mass is 440 g/mol. The number of nitrogens with zero attached hydrogens (tertiary/aromatic N) is 3. The zero-order chi connectivity index (χ0) is 23.2. The number of carbonyl (C=O) groups is 1. The molecule has 3 aromatic carbocycles. The van der Waals surface area contributed by atoms with E-state index in [2.05, 4.69) is 10.4 Å². The van der Waals surface area contributed by atoms with Gasteiger partial charge in [0.2, 0.25) is 5.91 Å². The van der Waals surface area contributed by atoms with Crippen LogP contribution in [0.15, 0.2) is 91.1 Å². The Morgan fingerprint density at radius 1 is 1.06 bits per heavy atom. The summed E-state index contributed by atoms with van der Waals surface area (Å²) < 4.78 is 6.93. The molecule has 0 bridgehead atoms. The zero-order valence-corrected chi connectivity index (χ0v) is 17.7. The number of anilines is 1. The molecule has 0 atom stereocenters. The topological polar surface area (TPSA) is 99.3 Å². The molecule has 0 radical (unpaired) electrons. The van der Waals surface area contributed by atoms with E-state index in [9.17, 15) is 14.9 Å². The summed E-state index contributed by atoms with van der Waals surface area (Å²) in [5.41, 5.74) is 3.06. The third-order valence-corrected chi connectivity index (χ3v) is 4.87. The molecule has 33 heavy (non-hydrogen) atoms. The number of rotatable bonds is 7. The normalized spacial score (nSPS) is 10.8. The molecule has 0 aliphatic rings. The summed E-state index contributed by atoms with van der Waals surface area (Å²) >= 11 is 0. The quantitative estimate of drug-likeness (QED) is 0.245. The van der Waals surface area contributed by atoms with E-state index in [1.54, 1.807) is 47.3 Å². The predicted octanol–water partition coefficient (Wildman–Crippen LogP) is 5.11. The second-order valence-electron chi connectivity index (χ2n) is 7.04. The Balaban J connectivity index is 1.69. The van der Waals surface area contributed by atoms with Crippen LogP contribution in [0.2, 0.25) is 0 Å². The zero-order valence-electron chi connectivity index (χ0n) is 17.7. The first-order chi connectivity index (χ1) is 16.0. The van der Waals surface area contributed by atoms with Crippen LogP contribution in [0.25, 0.3) is 23.0 Å². The van der Waals surface area contributed by atoms with Crippen molar-refractivity contribution in [2.24, 2.45) is 0 Å². The van der Waals surface area contributed by atoms with Gasteiger partial charge in [0.05, 0.1) is 23.4 Å².